The van der Waals surface area contributed by atoms with E-state index >= 15 is 0 Å². The Morgan fingerprint density at radius 1 is 1.69 bits per heavy atom. The van der Waals surface area contributed by atoms with Crippen LogP contribution >= 0.6 is 23.4 Å². The monoisotopic (exact) mass is 221 g/mol. The third-order valence-electron chi connectivity index (χ3n) is 2.03. The molecule has 0 aromatic rings. The first-order valence-corrected chi connectivity index (χ1v) is 6.22. The minimum Gasteiger partial charge on any atom is -0.354 e. The van der Waals surface area contributed by atoms with Crippen molar-refractivity contribution in [2.24, 2.45) is 0 Å². The lowest BCUT2D eigenvalue weighted by molar-refractivity contribution is -0.120. The van der Waals surface area contributed by atoms with Gasteiger partial charge in [0, 0.05) is 11.9 Å². The molecule has 0 bridgehead atoms. The second kappa shape index (κ2) is 5.76. The fourth-order valence-electron chi connectivity index (χ4n) is 1.30. The Hall–Kier alpha value is 0.110. The number of nitrogens with one attached hydrogen (secondary N) is 1. The van der Waals surface area contributed by atoms with Gasteiger partial charge in [-0.15, -0.1) is 23.4 Å². The number of rotatable bonds is 3. The maximum Gasteiger partial charge on any atom is 0.233 e. The maximum absolute atomic E-state index is 11.5. The standard InChI is InChI=1S/C9H16ClNOS/c1-7(10)6-11-9(12)8-4-2-3-5-13-8/h7-8H,2-6H2,1H3,(H,11,12). The summed E-state index contributed by atoms with van der Waals surface area (Å²) in [4.78, 5) is 11.5. The van der Waals surface area contributed by atoms with E-state index in [1.807, 2.05) is 6.92 Å². The predicted molar refractivity (Wildman–Crippen MR) is 58.4 cm³/mol. The smallest absolute Gasteiger partial charge is 0.233 e. The van der Waals surface area contributed by atoms with Crippen LogP contribution in [0.1, 0.15) is 26.2 Å². The summed E-state index contributed by atoms with van der Waals surface area (Å²) in [5.41, 5.74) is 0. The first-order valence-electron chi connectivity index (χ1n) is 4.73. The van der Waals surface area contributed by atoms with E-state index in [2.05, 4.69) is 5.32 Å². The van der Waals surface area contributed by atoms with E-state index in [4.69, 9.17) is 11.6 Å². The van der Waals surface area contributed by atoms with Crippen molar-refractivity contribution in [3.05, 3.63) is 0 Å². The molecule has 1 rings (SSSR count). The van der Waals surface area contributed by atoms with Gasteiger partial charge in [0.15, 0.2) is 0 Å². The van der Waals surface area contributed by atoms with Crippen molar-refractivity contribution in [3.8, 4) is 0 Å². The molecule has 0 aromatic heterocycles. The molecule has 2 nitrogen and oxygen atoms in total. The van der Waals surface area contributed by atoms with E-state index < -0.39 is 0 Å². The normalized spacial score (nSPS) is 25.2. The Bertz CT molecular complexity index is 169. The first-order chi connectivity index (χ1) is 6.20. The Balaban J connectivity index is 2.21. The Morgan fingerprint density at radius 2 is 2.46 bits per heavy atom. The number of carbonyl (C=O) groups excluding carboxylic acids is 1. The van der Waals surface area contributed by atoms with Gasteiger partial charge >= 0.3 is 0 Å². The van der Waals surface area contributed by atoms with Crippen molar-refractivity contribution in [1.29, 1.82) is 0 Å². The number of thioether (sulfide) groups is 1. The second-order valence-electron chi connectivity index (χ2n) is 3.38. The molecule has 0 radical (unpaired) electrons. The average molecular weight is 222 g/mol. The molecule has 76 valence electrons. The minimum absolute atomic E-state index is 0.0255. The number of alkyl halides is 1. The highest BCUT2D eigenvalue weighted by Gasteiger charge is 2.21. The van der Waals surface area contributed by atoms with Gasteiger partial charge in [0.25, 0.3) is 0 Å². The fourth-order valence-corrected chi connectivity index (χ4v) is 2.60. The highest BCUT2D eigenvalue weighted by molar-refractivity contribution is 8.00. The highest BCUT2D eigenvalue weighted by Crippen LogP contribution is 2.24. The van der Waals surface area contributed by atoms with Crippen LogP contribution in [0.3, 0.4) is 0 Å². The summed E-state index contributed by atoms with van der Waals surface area (Å²) < 4.78 is 0. The maximum atomic E-state index is 11.5. The molecule has 1 fully saturated rings. The molecule has 13 heavy (non-hydrogen) atoms. The van der Waals surface area contributed by atoms with Crippen molar-refractivity contribution >= 4 is 29.3 Å². The first kappa shape index (κ1) is 11.2. The minimum atomic E-state index is 0.0255. The zero-order valence-corrected chi connectivity index (χ0v) is 9.46. The van der Waals surface area contributed by atoms with Gasteiger partial charge in [-0.1, -0.05) is 6.42 Å². The molecular weight excluding hydrogens is 206 g/mol. The van der Waals surface area contributed by atoms with E-state index in [0.29, 0.717) is 6.54 Å². The SMILES string of the molecule is CC(Cl)CNC(=O)C1CCCCS1. The van der Waals surface area contributed by atoms with Crippen LogP contribution in [-0.4, -0.2) is 28.8 Å². The van der Waals surface area contributed by atoms with Crippen LogP contribution in [-0.2, 0) is 4.79 Å². The highest BCUT2D eigenvalue weighted by atomic mass is 35.5. The van der Waals surface area contributed by atoms with Gasteiger partial charge in [-0.2, -0.15) is 0 Å². The lowest BCUT2D eigenvalue weighted by Gasteiger charge is -2.20. The molecule has 0 saturated carbocycles. The molecule has 0 spiro atoms. The van der Waals surface area contributed by atoms with Gasteiger partial charge in [-0.05, 0) is 25.5 Å². The predicted octanol–water partition coefficient (Wildman–Crippen LogP) is 2.02. The summed E-state index contributed by atoms with van der Waals surface area (Å²) in [5.74, 6) is 1.28. The molecule has 0 aliphatic carbocycles. The molecule has 0 aromatic carbocycles. The van der Waals surface area contributed by atoms with Crippen molar-refractivity contribution in [2.45, 2.75) is 36.8 Å². The molecule has 4 heteroatoms. The summed E-state index contributed by atoms with van der Waals surface area (Å²) in [6.07, 6.45) is 3.45. The van der Waals surface area contributed by atoms with Crippen LogP contribution in [0.25, 0.3) is 0 Å². The zero-order valence-electron chi connectivity index (χ0n) is 7.88. The van der Waals surface area contributed by atoms with Crippen LogP contribution in [0, 0.1) is 0 Å². The van der Waals surface area contributed by atoms with Gasteiger partial charge in [0.1, 0.15) is 0 Å². The quantitative estimate of drug-likeness (QED) is 0.739. The van der Waals surface area contributed by atoms with Gasteiger partial charge in [-0.3, -0.25) is 4.79 Å². The number of hydrogen-bond donors (Lipinski definition) is 1. The number of halogens is 1. The Kier molecular flexibility index (Phi) is 4.96. The van der Waals surface area contributed by atoms with E-state index in [0.717, 1.165) is 12.2 Å². The molecule has 2 atom stereocenters. The fraction of sp³-hybridized carbons (Fsp3) is 0.889. The number of carbonyl (C=O) groups is 1. The van der Waals surface area contributed by atoms with Gasteiger partial charge in [-0.25, -0.2) is 0 Å². The van der Waals surface area contributed by atoms with Gasteiger partial charge in [0.05, 0.1) is 5.25 Å². The molecule has 1 heterocycles. The third-order valence-corrected chi connectivity index (χ3v) is 3.56. The summed E-state index contributed by atoms with van der Waals surface area (Å²) in [6.45, 7) is 2.47. The van der Waals surface area contributed by atoms with Crippen molar-refractivity contribution in [1.82, 2.24) is 5.32 Å². The lowest BCUT2D eigenvalue weighted by Crippen LogP contribution is -2.36. The van der Waals surface area contributed by atoms with E-state index in [1.54, 1.807) is 11.8 Å². The lowest BCUT2D eigenvalue weighted by atomic mass is 10.2. The topological polar surface area (TPSA) is 29.1 Å². The largest absolute Gasteiger partial charge is 0.354 e. The molecule has 1 aliphatic rings. The van der Waals surface area contributed by atoms with Crippen LogP contribution in [0.15, 0.2) is 0 Å². The molecular formula is C9H16ClNOS. The average Bonchev–Trinajstić information content (AvgIpc) is 2.15. The number of hydrogen-bond acceptors (Lipinski definition) is 2. The van der Waals surface area contributed by atoms with E-state index in [9.17, 15) is 4.79 Å². The van der Waals surface area contributed by atoms with Crippen molar-refractivity contribution in [2.75, 3.05) is 12.3 Å². The van der Waals surface area contributed by atoms with Crippen LogP contribution in [0.5, 0.6) is 0 Å². The molecule has 1 aliphatic heterocycles. The summed E-state index contributed by atoms with van der Waals surface area (Å²) in [6, 6.07) is 0. The molecule has 1 saturated heterocycles. The number of amides is 1. The Morgan fingerprint density at radius 3 is 3.00 bits per heavy atom. The van der Waals surface area contributed by atoms with Gasteiger partial charge in [0.2, 0.25) is 5.91 Å². The third kappa shape index (κ3) is 4.23. The summed E-state index contributed by atoms with van der Waals surface area (Å²) in [7, 11) is 0. The zero-order chi connectivity index (χ0) is 9.68. The van der Waals surface area contributed by atoms with E-state index in [1.165, 1.54) is 12.8 Å². The molecule has 1 amide bonds. The van der Waals surface area contributed by atoms with Crippen LogP contribution in [0.4, 0.5) is 0 Å². The Labute approximate surface area is 88.8 Å². The summed E-state index contributed by atoms with van der Waals surface area (Å²) in [5, 5.41) is 3.06. The molecule has 1 N–H and O–H groups in total. The molecule has 2 unspecified atom stereocenters. The second-order valence-corrected chi connectivity index (χ2v) is 5.44. The van der Waals surface area contributed by atoms with Crippen molar-refractivity contribution in [3.63, 3.8) is 0 Å². The van der Waals surface area contributed by atoms with Crippen LogP contribution in [0.2, 0.25) is 0 Å². The van der Waals surface area contributed by atoms with Gasteiger partial charge < -0.3 is 5.32 Å². The van der Waals surface area contributed by atoms with Crippen LogP contribution < -0.4 is 5.32 Å². The van der Waals surface area contributed by atoms with Crippen molar-refractivity contribution < 1.29 is 4.79 Å². The summed E-state index contributed by atoms with van der Waals surface area (Å²) >= 11 is 7.51. The van der Waals surface area contributed by atoms with E-state index in [-0.39, 0.29) is 16.5 Å².